The highest BCUT2D eigenvalue weighted by molar-refractivity contribution is 5.98. The molecule has 5 heteroatoms. The Morgan fingerprint density at radius 3 is 2.83 bits per heavy atom. The fourth-order valence-electron chi connectivity index (χ4n) is 3.63. The van der Waals surface area contributed by atoms with Crippen LogP contribution in [0.3, 0.4) is 0 Å². The number of benzene rings is 1. The number of hydrogen-bond acceptors (Lipinski definition) is 4. The number of piperazine rings is 1. The molecular formula is C18H22N4O. The van der Waals surface area contributed by atoms with Crippen LogP contribution in [-0.2, 0) is 0 Å². The summed E-state index contributed by atoms with van der Waals surface area (Å²) in [6.45, 7) is 5.81. The average Bonchev–Trinajstić information content (AvgIpc) is 3.15. The number of carbonyl (C=O) groups is 1. The lowest BCUT2D eigenvalue weighted by Crippen LogP contribution is -2.52. The summed E-state index contributed by atoms with van der Waals surface area (Å²) in [7, 11) is 0. The molecular weight excluding hydrogens is 288 g/mol. The van der Waals surface area contributed by atoms with Gasteiger partial charge in [-0.2, -0.15) is 0 Å². The van der Waals surface area contributed by atoms with E-state index in [9.17, 15) is 4.79 Å². The smallest absolute Gasteiger partial charge is 0.253 e. The van der Waals surface area contributed by atoms with Crippen LogP contribution in [0.25, 0.3) is 10.9 Å². The summed E-state index contributed by atoms with van der Waals surface area (Å²) in [6.07, 6.45) is 3.01. The van der Waals surface area contributed by atoms with Crippen LogP contribution in [0.4, 0.5) is 0 Å². The zero-order valence-corrected chi connectivity index (χ0v) is 13.2. The van der Waals surface area contributed by atoms with Crippen molar-refractivity contribution in [2.75, 3.05) is 39.3 Å². The summed E-state index contributed by atoms with van der Waals surface area (Å²) in [4.78, 5) is 21.6. The summed E-state index contributed by atoms with van der Waals surface area (Å²) in [6, 6.07) is 10.3. The molecule has 3 heterocycles. The SMILES string of the molecule is O=C(c1ccc2ncccc2c1)N1CCN(C2CCNC2)CC1. The van der Waals surface area contributed by atoms with Crippen molar-refractivity contribution in [2.24, 2.45) is 0 Å². The first-order valence-corrected chi connectivity index (χ1v) is 8.40. The molecule has 2 aromatic rings. The van der Waals surface area contributed by atoms with Crippen molar-refractivity contribution in [3.05, 3.63) is 42.1 Å². The molecule has 1 unspecified atom stereocenters. The van der Waals surface area contributed by atoms with E-state index in [4.69, 9.17) is 0 Å². The monoisotopic (exact) mass is 310 g/mol. The van der Waals surface area contributed by atoms with E-state index < -0.39 is 0 Å². The van der Waals surface area contributed by atoms with Gasteiger partial charge in [-0.1, -0.05) is 6.07 Å². The highest BCUT2D eigenvalue weighted by atomic mass is 16.2. The van der Waals surface area contributed by atoms with Crippen molar-refractivity contribution in [1.29, 1.82) is 0 Å². The van der Waals surface area contributed by atoms with Crippen molar-refractivity contribution in [3.8, 4) is 0 Å². The van der Waals surface area contributed by atoms with Crippen molar-refractivity contribution < 1.29 is 4.79 Å². The first-order valence-electron chi connectivity index (χ1n) is 8.40. The van der Waals surface area contributed by atoms with Crippen LogP contribution in [0.2, 0.25) is 0 Å². The van der Waals surface area contributed by atoms with E-state index in [2.05, 4.69) is 15.2 Å². The van der Waals surface area contributed by atoms with Gasteiger partial charge in [-0.3, -0.25) is 14.7 Å². The number of fused-ring (bicyclic) bond motifs is 1. The van der Waals surface area contributed by atoms with Crippen LogP contribution in [0.5, 0.6) is 0 Å². The van der Waals surface area contributed by atoms with Gasteiger partial charge >= 0.3 is 0 Å². The van der Waals surface area contributed by atoms with Crippen LogP contribution in [0.1, 0.15) is 16.8 Å². The molecule has 2 aliphatic rings. The summed E-state index contributed by atoms with van der Waals surface area (Å²) < 4.78 is 0. The second-order valence-electron chi connectivity index (χ2n) is 6.39. The number of nitrogens with zero attached hydrogens (tertiary/aromatic N) is 3. The summed E-state index contributed by atoms with van der Waals surface area (Å²) in [5.74, 6) is 0.139. The van der Waals surface area contributed by atoms with Crippen LogP contribution in [0, 0.1) is 0 Å². The molecule has 0 saturated carbocycles. The molecule has 1 aromatic carbocycles. The molecule has 2 saturated heterocycles. The molecule has 0 bridgehead atoms. The van der Waals surface area contributed by atoms with Gasteiger partial charge in [-0.25, -0.2) is 0 Å². The van der Waals surface area contributed by atoms with Gasteiger partial charge in [0.15, 0.2) is 0 Å². The Morgan fingerprint density at radius 1 is 1.17 bits per heavy atom. The Balaban J connectivity index is 1.44. The van der Waals surface area contributed by atoms with Crippen molar-refractivity contribution in [3.63, 3.8) is 0 Å². The molecule has 5 nitrogen and oxygen atoms in total. The fraction of sp³-hybridized carbons (Fsp3) is 0.444. The average molecular weight is 310 g/mol. The molecule has 1 atom stereocenters. The normalized spacial score (nSPS) is 22.6. The molecule has 4 rings (SSSR count). The number of pyridine rings is 1. The van der Waals surface area contributed by atoms with E-state index >= 15 is 0 Å². The van der Waals surface area contributed by atoms with Gasteiger partial charge in [-0.15, -0.1) is 0 Å². The Labute approximate surface area is 136 Å². The van der Waals surface area contributed by atoms with Gasteiger partial charge in [0.25, 0.3) is 5.91 Å². The van der Waals surface area contributed by atoms with E-state index in [0.29, 0.717) is 6.04 Å². The zero-order chi connectivity index (χ0) is 15.6. The Hall–Kier alpha value is -1.98. The Kier molecular flexibility index (Phi) is 3.97. The highest BCUT2D eigenvalue weighted by Crippen LogP contribution is 2.17. The number of carbonyl (C=O) groups excluding carboxylic acids is 1. The lowest BCUT2D eigenvalue weighted by atomic mass is 10.1. The zero-order valence-electron chi connectivity index (χ0n) is 13.2. The number of aromatic nitrogens is 1. The number of rotatable bonds is 2. The summed E-state index contributed by atoms with van der Waals surface area (Å²) in [5.41, 5.74) is 1.70. The highest BCUT2D eigenvalue weighted by Gasteiger charge is 2.28. The third-order valence-electron chi connectivity index (χ3n) is 5.00. The molecule has 1 amide bonds. The quantitative estimate of drug-likeness (QED) is 0.910. The molecule has 0 spiro atoms. The van der Waals surface area contributed by atoms with Gasteiger partial charge in [0, 0.05) is 55.9 Å². The molecule has 2 aliphatic heterocycles. The maximum absolute atomic E-state index is 12.7. The standard InChI is InChI=1S/C18H22N4O/c23-18(15-3-4-17-14(12-15)2-1-6-20-17)22-10-8-21(9-11-22)16-5-7-19-13-16/h1-4,6,12,16,19H,5,7-11,13H2. The minimum absolute atomic E-state index is 0.139. The molecule has 0 radical (unpaired) electrons. The van der Waals surface area contributed by atoms with Gasteiger partial charge in [-0.05, 0) is 37.2 Å². The predicted octanol–water partition coefficient (Wildman–Crippen LogP) is 1.35. The first-order chi connectivity index (χ1) is 11.3. The Bertz CT molecular complexity index is 703. The summed E-state index contributed by atoms with van der Waals surface area (Å²) in [5, 5.41) is 4.44. The van der Waals surface area contributed by atoms with E-state index in [-0.39, 0.29) is 5.91 Å². The topological polar surface area (TPSA) is 48.5 Å². The molecule has 1 aromatic heterocycles. The number of hydrogen-bond donors (Lipinski definition) is 1. The van der Waals surface area contributed by atoms with Crippen LogP contribution >= 0.6 is 0 Å². The van der Waals surface area contributed by atoms with Gasteiger partial charge in [0.1, 0.15) is 0 Å². The van der Waals surface area contributed by atoms with Gasteiger partial charge < -0.3 is 10.2 Å². The third kappa shape index (κ3) is 2.94. The maximum atomic E-state index is 12.7. The largest absolute Gasteiger partial charge is 0.336 e. The third-order valence-corrected chi connectivity index (χ3v) is 5.00. The van der Waals surface area contributed by atoms with E-state index in [1.165, 1.54) is 6.42 Å². The van der Waals surface area contributed by atoms with Crippen LogP contribution in [-0.4, -0.2) is 66.0 Å². The van der Waals surface area contributed by atoms with Gasteiger partial charge in [0.05, 0.1) is 5.52 Å². The van der Waals surface area contributed by atoms with Crippen molar-refractivity contribution in [1.82, 2.24) is 20.1 Å². The minimum atomic E-state index is 0.139. The predicted molar refractivity (Wildman–Crippen MR) is 90.5 cm³/mol. The Morgan fingerprint density at radius 2 is 2.04 bits per heavy atom. The van der Waals surface area contributed by atoms with Crippen molar-refractivity contribution in [2.45, 2.75) is 12.5 Å². The van der Waals surface area contributed by atoms with Crippen LogP contribution < -0.4 is 5.32 Å². The van der Waals surface area contributed by atoms with Crippen LogP contribution in [0.15, 0.2) is 36.5 Å². The molecule has 0 aliphatic carbocycles. The molecule has 120 valence electrons. The lowest BCUT2D eigenvalue weighted by Gasteiger charge is -2.37. The second kappa shape index (κ2) is 6.26. The molecule has 23 heavy (non-hydrogen) atoms. The molecule has 1 N–H and O–H groups in total. The number of nitrogens with one attached hydrogen (secondary N) is 1. The van der Waals surface area contributed by atoms with Crippen molar-refractivity contribution >= 4 is 16.8 Å². The number of amides is 1. The summed E-state index contributed by atoms with van der Waals surface area (Å²) >= 11 is 0. The van der Waals surface area contributed by atoms with E-state index in [1.54, 1.807) is 6.20 Å². The lowest BCUT2D eigenvalue weighted by molar-refractivity contribution is 0.0584. The maximum Gasteiger partial charge on any atom is 0.253 e. The molecule has 2 fully saturated rings. The minimum Gasteiger partial charge on any atom is -0.336 e. The van der Waals surface area contributed by atoms with E-state index in [1.807, 2.05) is 35.2 Å². The second-order valence-corrected chi connectivity index (χ2v) is 6.39. The van der Waals surface area contributed by atoms with E-state index in [0.717, 1.165) is 55.7 Å². The first kappa shape index (κ1) is 14.6. The fourth-order valence-corrected chi connectivity index (χ4v) is 3.63. The van der Waals surface area contributed by atoms with Gasteiger partial charge in [0.2, 0.25) is 0 Å².